The number of hydrazine groups is 1. The maximum atomic E-state index is 12.8. The lowest BCUT2D eigenvalue weighted by Crippen LogP contribution is -2.26. The number of nitrogens with two attached hydrogens (primary N) is 3. The van der Waals surface area contributed by atoms with Crippen LogP contribution in [0.25, 0.3) is 0 Å². The summed E-state index contributed by atoms with van der Waals surface area (Å²) >= 11 is 0. The molecule has 0 aliphatic carbocycles. The van der Waals surface area contributed by atoms with Crippen LogP contribution in [0.2, 0.25) is 0 Å². The third-order valence-electron chi connectivity index (χ3n) is 4.90. The van der Waals surface area contributed by atoms with Crippen LogP contribution in [0, 0.1) is 12.7 Å². The number of amides is 1. The molecule has 0 aromatic heterocycles. The van der Waals surface area contributed by atoms with Gasteiger partial charge in [0.1, 0.15) is 29.4 Å². The number of aryl methyl sites for hydroxylation is 2. The third kappa shape index (κ3) is 18.8. The van der Waals surface area contributed by atoms with Crippen LogP contribution in [0.3, 0.4) is 0 Å². The number of rotatable bonds is 11. The van der Waals surface area contributed by atoms with Gasteiger partial charge in [-0.1, -0.05) is 24.3 Å². The molecule has 0 radical (unpaired) electrons. The zero-order chi connectivity index (χ0) is 30.0. The van der Waals surface area contributed by atoms with Crippen molar-refractivity contribution in [2.75, 3.05) is 27.2 Å². The van der Waals surface area contributed by atoms with Crippen LogP contribution in [-0.4, -0.2) is 45.0 Å². The number of aldehydes is 1. The molecule has 0 saturated heterocycles. The Bertz CT molecular complexity index is 1080. The van der Waals surface area contributed by atoms with Crippen molar-refractivity contribution in [3.05, 3.63) is 102 Å². The van der Waals surface area contributed by atoms with E-state index in [4.69, 9.17) is 25.8 Å². The van der Waals surface area contributed by atoms with E-state index in [-0.39, 0.29) is 18.8 Å². The van der Waals surface area contributed by atoms with Crippen LogP contribution in [0.15, 0.2) is 85.2 Å². The minimum absolute atomic E-state index is 0.174. The zero-order valence-electron chi connectivity index (χ0n) is 23.5. The first-order valence-corrected chi connectivity index (χ1v) is 12.6. The van der Waals surface area contributed by atoms with Gasteiger partial charge < -0.3 is 36.1 Å². The largest absolute Gasteiger partial charge is 0.497 e. The number of halogens is 1. The van der Waals surface area contributed by atoms with Gasteiger partial charge in [0.2, 0.25) is 6.41 Å². The number of nitrogens with one attached hydrogen (secondary N) is 1. The molecular weight excluding hydrogens is 513 g/mol. The molecule has 9 nitrogen and oxygen atoms in total. The van der Waals surface area contributed by atoms with Gasteiger partial charge in [-0.3, -0.25) is 4.79 Å². The maximum Gasteiger partial charge on any atom is 0.204 e. The van der Waals surface area contributed by atoms with Gasteiger partial charge in [0.15, 0.2) is 0 Å². The highest BCUT2D eigenvalue weighted by Gasteiger charge is 1.99. The second kappa shape index (κ2) is 23.7. The van der Waals surface area contributed by atoms with Crippen LogP contribution in [-0.2, 0) is 16.0 Å². The molecule has 3 rings (SSSR count). The highest BCUT2D eigenvalue weighted by molar-refractivity contribution is 5.52. The van der Waals surface area contributed by atoms with E-state index >= 15 is 0 Å². The van der Waals surface area contributed by atoms with E-state index in [1.165, 1.54) is 53.5 Å². The monoisotopic (exact) mass is 555 g/mol. The van der Waals surface area contributed by atoms with Crippen molar-refractivity contribution in [2.24, 2.45) is 17.3 Å². The van der Waals surface area contributed by atoms with Gasteiger partial charge in [-0.25, -0.2) is 10.2 Å². The van der Waals surface area contributed by atoms with E-state index in [1.54, 1.807) is 19.2 Å². The summed E-state index contributed by atoms with van der Waals surface area (Å²) in [5, 5.41) is 4.34. The smallest absolute Gasteiger partial charge is 0.204 e. The average Bonchev–Trinajstić information content (AvgIpc) is 2.95. The van der Waals surface area contributed by atoms with E-state index in [0.29, 0.717) is 12.0 Å². The maximum absolute atomic E-state index is 12.8. The van der Waals surface area contributed by atoms with Crippen LogP contribution in [0.4, 0.5) is 4.39 Å². The van der Waals surface area contributed by atoms with Crippen LogP contribution < -0.4 is 32.1 Å². The van der Waals surface area contributed by atoms with Crippen molar-refractivity contribution in [1.29, 1.82) is 0 Å². The number of methoxy groups -OCH3 is 1. The first kappa shape index (κ1) is 35.6. The predicted molar refractivity (Wildman–Crippen MR) is 158 cm³/mol. The molecular formula is C30H42FN5O4. The fraction of sp³-hybridized carbons (Fsp3) is 0.267. The third-order valence-corrected chi connectivity index (χ3v) is 4.90. The van der Waals surface area contributed by atoms with E-state index in [0.717, 1.165) is 24.5 Å². The Morgan fingerprint density at radius 2 is 1.52 bits per heavy atom. The molecule has 0 fully saturated rings. The first-order chi connectivity index (χ1) is 19.3. The molecule has 0 unspecified atom stereocenters. The van der Waals surface area contributed by atoms with Crippen LogP contribution in [0.5, 0.6) is 17.2 Å². The van der Waals surface area contributed by atoms with Gasteiger partial charge in [0.25, 0.3) is 0 Å². The first-order valence-electron chi connectivity index (χ1n) is 12.6. The number of benzene rings is 3. The van der Waals surface area contributed by atoms with Crippen molar-refractivity contribution in [2.45, 2.75) is 26.2 Å². The number of primary amides is 1. The molecule has 0 bridgehead atoms. The number of carbonyl (C=O) groups is 2. The molecule has 0 spiro atoms. The summed E-state index contributed by atoms with van der Waals surface area (Å²) in [6.07, 6.45) is 7.07. The molecule has 3 aromatic carbocycles. The minimum Gasteiger partial charge on any atom is -0.497 e. The molecule has 0 heterocycles. The van der Waals surface area contributed by atoms with Gasteiger partial charge in [0.05, 0.1) is 13.7 Å². The molecule has 0 saturated carbocycles. The van der Waals surface area contributed by atoms with Gasteiger partial charge >= 0.3 is 0 Å². The minimum atomic E-state index is -0.255. The van der Waals surface area contributed by atoms with Gasteiger partial charge in [-0.2, -0.15) is 0 Å². The Hall–Kier alpha value is -4.41. The normalized spacial score (nSPS) is 9.53. The number of hydrogen-bond donors (Lipinski definition) is 4. The molecule has 10 heteroatoms. The second-order valence-electron chi connectivity index (χ2n) is 8.12. The fourth-order valence-electron chi connectivity index (χ4n) is 2.99. The topological polar surface area (TPSA) is 146 Å². The number of ether oxygens (including phenoxy) is 2. The lowest BCUT2D eigenvalue weighted by Gasteiger charge is -2.07. The molecule has 218 valence electrons. The number of nitrogens with zero attached hydrogens (tertiary/aromatic N) is 1. The molecule has 40 heavy (non-hydrogen) atoms. The van der Waals surface area contributed by atoms with Gasteiger partial charge in [-0.05, 0) is 99.4 Å². The summed E-state index contributed by atoms with van der Waals surface area (Å²) in [5.41, 5.74) is 11.7. The number of unbranched alkanes of at least 4 members (excludes halogenated alkanes) is 1. The molecule has 7 N–H and O–H groups in total. The summed E-state index contributed by atoms with van der Waals surface area (Å²) < 4.78 is 23.4. The average molecular weight is 556 g/mol. The van der Waals surface area contributed by atoms with E-state index in [1.807, 2.05) is 50.4 Å². The quantitative estimate of drug-likeness (QED) is 0.120. The zero-order valence-corrected chi connectivity index (χ0v) is 23.5. The second-order valence-corrected chi connectivity index (χ2v) is 8.12. The summed E-state index contributed by atoms with van der Waals surface area (Å²) in [4.78, 5) is 18.3. The van der Waals surface area contributed by atoms with E-state index < -0.39 is 0 Å². The summed E-state index contributed by atoms with van der Waals surface area (Å²) in [6, 6.07) is 22.1. The predicted octanol–water partition coefficient (Wildman–Crippen LogP) is 4.06. The highest BCUT2D eigenvalue weighted by Crippen LogP contribution is 2.22. The Balaban J connectivity index is 0.000000629. The van der Waals surface area contributed by atoms with Gasteiger partial charge in [0, 0.05) is 12.4 Å². The van der Waals surface area contributed by atoms with Crippen molar-refractivity contribution in [3.63, 3.8) is 0 Å². The fourth-order valence-corrected chi connectivity index (χ4v) is 2.99. The summed E-state index contributed by atoms with van der Waals surface area (Å²) in [6.45, 7) is 3.28. The summed E-state index contributed by atoms with van der Waals surface area (Å²) in [7, 11) is 3.65. The molecule has 1 amide bonds. The Labute approximate surface area is 236 Å². The Kier molecular flexibility index (Phi) is 21.1. The molecule has 0 aliphatic heterocycles. The lowest BCUT2D eigenvalue weighted by molar-refractivity contribution is -0.108. The van der Waals surface area contributed by atoms with Crippen LogP contribution in [0.1, 0.15) is 24.0 Å². The van der Waals surface area contributed by atoms with Crippen molar-refractivity contribution >= 4 is 12.7 Å². The SMILES string of the molecule is CNCCCCc1ccc(Oc2ccc(F)cc2)cc1.COc1cccc(C)c1.N/C=C\N(N)CC=O.NC=O. The molecule has 3 aromatic rings. The summed E-state index contributed by atoms with van der Waals surface area (Å²) in [5.74, 6) is 7.22. The van der Waals surface area contributed by atoms with Gasteiger partial charge in [-0.15, -0.1) is 0 Å². The van der Waals surface area contributed by atoms with Crippen molar-refractivity contribution in [3.8, 4) is 17.2 Å². The Morgan fingerprint density at radius 3 is 2.00 bits per heavy atom. The molecule has 0 atom stereocenters. The van der Waals surface area contributed by atoms with E-state index in [9.17, 15) is 9.18 Å². The number of carbonyl (C=O) groups excluding carboxylic acids is 2. The van der Waals surface area contributed by atoms with Crippen molar-refractivity contribution < 1.29 is 23.5 Å². The highest BCUT2D eigenvalue weighted by atomic mass is 19.1. The lowest BCUT2D eigenvalue weighted by atomic mass is 10.1. The van der Waals surface area contributed by atoms with Crippen LogP contribution >= 0.6 is 0 Å². The standard InChI is InChI=1S/C17H20FNO.C8H10O.C4H9N3O.CH3NO/c1-19-13-3-2-4-14-5-9-16(10-6-14)20-17-11-7-15(18)8-12-17;1-7-4-3-5-8(6-7)9-2;5-1-2-7(6)3-4-8;2-1-3/h5-12,19H,2-4,13H2,1H3;3-6H,1-2H3;1-2,4H,3,5-6H2;1H,(H2,2,3)/b;;2-1-;. The van der Waals surface area contributed by atoms with E-state index in [2.05, 4.69) is 23.2 Å². The molecule has 0 aliphatic rings. The van der Waals surface area contributed by atoms with Crippen molar-refractivity contribution in [1.82, 2.24) is 10.3 Å². The number of hydrogen-bond acceptors (Lipinski definition) is 8. The Morgan fingerprint density at radius 1 is 0.925 bits per heavy atom.